The monoisotopic (exact) mass is 348 g/mol. The van der Waals surface area contributed by atoms with E-state index in [0.717, 1.165) is 19.3 Å². The highest BCUT2D eigenvalue weighted by molar-refractivity contribution is 5.89. The molecule has 1 N–H and O–H groups in total. The van der Waals surface area contributed by atoms with Gasteiger partial charge in [-0.25, -0.2) is 4.79 Å². The molecule has 0 radical (unpaired) electrons. The fourth-order valence-electron chi connectivity index (χ4n) is 2.75. The van der Waals surface area contributed by atoms with Crippen LogP contribution in [0.3, 0.4) is 0 Å². The molecule has 1 fully saturated rings. The van der Waals surface area contributed by atoms with E-state index in [4.69, 9.17) is 9.47 Å². The third kappa shape index (κ3) is 6.48. The van der Waals surface area contributed by atoms with Crippen LogP contribution in [0, 0.1) is 0 Å². The molecule has 1 unspecified atom stereocenters. The zero-order valence-electron chi connectivity index (χ0n) is 14.9. The first-order chi connectivity index (χ1) is 12.2. The van der Waals surface area contributed by atoms with Crippen molar-refractivity contribution >= 4 is 11.9 Å². The van der Waals surface area contributed by atoms with Gasteiger partial charge in [0.05, 0.1) is 18.8 Å². The number of morpholine rings is 1. The summed E-state index contributed by atoms with van der Waals surface area (Å²) in [6, 6.07) is 8.36. The van der Waals surface area contributed by atoms with Gasteiger partial charge in [-0.2, -0.15) is 0 Å². The van der Waals surface area contributed by atoms with Crippen molar-refractivity contribution in [3.63, 3.8) is 0 Å². The van der Waals surface area contributed by atoms with E-state index in [1.54, 1.807) is 24.3 Å². The van der Waals surface area contributed by atoms with E-state index in [-0.39, 0.29) is 12.5 Å². The first-order valence-electron chi connectivity index (χ1n) is 9.04. The van der Waals surface area contributed by atoms with E-state index in [0.29, 0.717) is 38.4 Å². The van der Waals surface area contributed by atoms with Gasteiger partial charge in [0.15, 0.2) is 0 Å². The van der Waals surface area contributed by atoms with Crippen molar-refractivity contribution in [1.82, 2.24) is 10.2 Å². The Bertz CT molecular complexity index is 529. The number of hydrogen-bond donors (Lipinski definition) is 1. The fourth-order valence-corrected chi connectivity index (χ4v) is 2.75. The molecule has 1 amide bonds. The van der Waals surface area contributed by atoms with E-state index in [1.165, 1.54) is 0 Å². The molecule has 1 aliphatic heterocycles. The molecule has 138 valence electrons. The molecule has 1 saturated heterocycles. The summed E-state index contributed by atoms with van der Waals surface area (Å²) in [5.41, 5.74) is 0.492. The van der Waals surface area contributed by atoms with Crippen LogP contribution in [0.5, 0.6) is 0 Å². The molecule has 0 spiro atoms. The molecule has 2 rings (SSSR count). The van der Waals surface area contributed by atoms with Gasteiger partial charge < -0.3 is 14.8 Å². The second-order valence-electron chi connectivity index (χ2n) is 6.13. The van der Waals surface area contributed by atoms with Crippen LogP contribution in [0.4, 0.5) is 0 Å². The summed E-state index contributed by atoms with van der Waals surface area (Å²) in [6.45, 7) is 5.33. The predicted molar refractivity (Wildman–Crippen MR) is 95.4 cm³/mol. The van der Waals surface area contributed by atoms with E-state index in [2.05, 4.69) is 12.2 Å². The lowest BCUT2D eigenvalue weighted by atomic mass is 10.2. The van der Waals surface area contributed by atoms with E-state index in [9.17, 15) is 9.59 Å². The maximum absolute atomic E-state index is 12.6. The standard InChI is InChI=1S/C19H28N2O4/c1-2-3-7-10-20-18(22)17(21-11-13-24-14-12-21)15-25-19(23)16-8-5-4-6-9-16/h4-6,8-9,17H,2-3,7,10-15H2,1H3,(H,20,22). The number of unbranched alkanes of at least 4 members (excludes halogenated alkanes) is 2. The minimum atomic E-state index is -0.474. The smallest absolute Gasteiger partial charge is 0.338 e. The van der Waals surface area contributed by atoms with Crippen molar-refractivity contribution in [2.45, 2.75) is 32.2 Å². The highest BCUT2D eigenvalue weighted by atomic mass is 16.5. The van der Waals surface area contributed by atoms with Crippen LogP contribution in [-0.2, 0) is 14.3 Å². The SMILES string of the molecule is CCCCCNC(=O)C(COC(=O)c1ccccc1)N1CCOCC1. The van der Waals surface area contributed by atoms with Crippen molar-refractivity contribution < 1.29 is 19.1 Å². The number of hydrogen-bond acceptors (Lipinski definition) is 5. The number of nitrogens with one attached hydrogen (secondary N) is 1. The second-order valence-corrected chi connectivity index (χ2v) is 6.13. The molecular formula is C19H28N2O4. The predicted octanol–water partition coefficient (Wildman–Crippen LogP) is 1.85. The number of carbonyl (C=O) groups excluding carboxylic acids is 2. The normalized spacial score (nSPS) is 16.2. The molecule has 6 heteroatoms. The average molecular weight is 348 g/mol. The summed E-state index contributed by atoms with van der Waals surface area (Å²) in [4.78, 5) is 26.8. The minimum absolute atomic E-state index is 0.0489. The maximum Gasteiger partial charge on any atom is 0.338 e. The quantitative estimate of drug-likeness (QED) is 0.545. The van der Waals surface area contributed by atoms with Crippen LogP contribution >= 0.6 is 0 Å². The third-order valence-electron chi connectivity index (χ3n) is 4.25. The Balaban J connectivity index is 1.91. The van der Waals surface area contributed by atoms with Crippen molar-refractivity contribution in [2.75, 3.05) is 39.5 Å². The number of nitrogens with zero attached hydrogens (tertiary/aromatic N) is 1. The van der Waals surface area contributed by atoms with E-state index >= 15 is 0 Å². The van der Waals surface area contributed by atoms with Crippen LogP contribution in [0.1, 0.15) is 36.5 Å². The van der Waals surface area contributed by atoms with Gasteiger partial charge in [-0.3, -0.25) is 9.69 Å². The van der Waals surface area contributed by atoms with Crippen LogP contribution in [0.15, 0.2) is 30.3 Å². The molecule has 25 heavy (non-hydrogen) atoms. The third-order valence-corrected chi connectivity index (χ3v) is 4.25. The molecule has 1 aromatic rings. The number of benzene rings is 1. The lowest BCUT2D eigenvalue weighted by Crippen LogP contribution is -2.53. The number of esters is 1. The van der Waals surface area contributed by atoms with Crippen LogP contribution in [0.2, 0.25) is 0 Å². The Kier molecular flexibility index (Phi) is 8.42. The van der Waals surface area contributed by atoms with Gasteiger partial charge in [0.25, 0.3) is 0 Å². The maximum atomic E-state index is 12.6. The van der Waals surface area contributed by atoms with Gasteiger partial charge in [0.2, 0.25) is 5.91 Å². The first kappa shape index (κ1) is 19.4. The van der Waals surface area contributed by atoms with Crippen molar-refractivity contribution in [3.8, 4) is 0 Å². The van der Waals surface area contributed by atoms with Gasteiger partial charge in [-0.15, -0.1) is 0 Å². The Morgan fingerprint density at radius 2 is 1.92 bits per heavy atom. The molecule has 0 aromatic heterocycles. The zero-order chi connectivity index (χ0) is 17.9. The molecule has 0 aliphatic carbocycles. The van der Waals surface area contributed by atoms with Crippen molar-refractivity contribution in [2.24, 2.45) is 0 Å². The van der Waals surface area contributed by atoms with Crippen LogP contribution < -0.4 is 5.32 Å². The van der Waals surface area contributed by atoms with Crippen molar-refractivity contribution in [3.05, 3.63) is 35.9 Å². The van der Waals surface area contributed by atoms with E-state index in [1.807, 2.05) is 11.0 Å². The zero-order valence-corrected chi connectivity index (χ0v) is 14.9. The van der Waals surface area contributed by atoms with Gasteiger partial charge >= 0.3 is 5.97 Å². The van der Waals surface area contributed by atoms with Crippen LogP contribution in [-0.4, -0.2) is 62.3 Å². The summed E-state index contributed by atoms with van der Waals surface area (Å²) in [7, 11) is 0. The lowest BCUT2D eigenvalue weighted by molar-refractivity contribution is -0.130. The molecule has 0 saturated carbocycles. The fraction of sp³-hybridized carbons (Fsp3) is 0.579. The minimum Gasteiger partial charge on any atom is -0.460 e. The molecule has 6 nitrogen and oxygen atoms in total. The molecule has 1 aromatic carbocycles. The summed E-state index contributed by atoms with van der Waals surface area (Å²) >= 11 is 0. The molecule has 1 heterocycles. The van der Waals surface area contributed by atoms with E-state index < -0.39 is 12.0 Å². The lowest BCUT2D eigenvalue weighted by Gasteiger charge is -2.33. The summed E-state index contributed by atoms with van der Waals surface area (Å²) in [6.07, 6.45) is 3.16. The molecule has 0 bridgehead atoms. The highest BCUT2D eigenvalue weighted by Crippen LogP contribution is 2.08. The van der Waals surface area contributed by atoms with Gasteiger partial charge in [0, 0.05) is 19.6 Å². The van der Waals surface area contributed by atoms with Gasteiger partial charge in [-0.05, 0) is 18.6 Å². The van der Waals surface area contributed by atoms with Crippen molar-refractivity contribution in [1.29, 1.82) is 0 Å². The number of rotatable bonds is 9. The molecule has 1 atom stereocenters. The number of carbonyl (C=O) groups is 2. The highest BCUT2D eigenvalue weighted by Gasteiger charge is 2.28. The summed E-state index contributed by atoms with van der Waals surface area (Å²) in [5, 5.41) is 2.97. The summed E-state index contributed by atoms with van der Waals surface area (Å²) in [5.74, 6) is -0.489. The summed E-state index contributed by atoms with van der Waals surface area (Å²) < 4.78 is 10.8. The number of amides is 1. The average Bonchev–Trinajstić information content (AvgIpc) is 2.67. The molecule has 1 aliphatic rings. The van der Waals surface area contributed by atoms with Gasteiger partial charge in [0.1, 0.15) is 12.6 Å². The van der Waals surface area contributed by atoms with Crippen LogP contribution in [0.25, 0.3) is 0 Å². The largest absolute Gasteiger partial charge is 0.460 e. The first-order valence-corrected chi connectivity index (χ1v) is 9.04. The molecular weight excluding hydrogens is 320 g/mol. The Hall–Kier alpha value is -1.92. The Morgan fingerprint density at radius 3 is 2.60 bits per heavy atom. The second kappa shape index (κ2) is 10.8. The Labute approximate surface area is 149 Å². The Morgan fingerprint density at radius 1 is 1.20 bits per heavy atom. The number of ether oxygens (including phenoxy) is 2. The topological polar surface area (TPSA) is 67.9 Å². The van der Waals surface area contributed by atoms with Gasteiger partial charge in [-0.1, -0.05) is 38.0 Å².